The number of ketones is 1. The highest BCUT2D eigenvalue weighted by molar-refractivity contribution is 6.01. The second-order valence-corrected chi connectivity index (χ2v) is 17.9. The van der Waals surface area contributed by atoms with Gasteiger partial charge in [-0.15, -0.1) is 0 Å². The zero-order chi connectivity index (χ0) is 49.9. The van der Waals surface area contributed by atoms with Gasteiger partial charge in [0.05, 0.1) is 11.7 Å². The summed E-state index contributed by atoms with van der Waals surface area (Å²) < 4.78 is 33.8. The van der Waals surface area contributed by atoms with E-state index in [0.29, 0.717) is 12.0 Å². The molecule has 0 amide bonds. The monoisotopic (exact) mass is 913 g/mol. The lowest BCUT2D eigenvalue weighted by molar-refractivity contribution is -0.315. The van der Waals surface area contributed by atoms with Gasteiger partial charge in [-0.1, -0.05) is 145 Å². The van der Waals surface area contributed by atoms with Crippen LogP contribution in [0.25, 0.3) is 0 Å². The fourth-order valence-electron chi connectivity index (χ4n) is 7.07. The molecule has 0 aromatic rings. The number of carbonyl (C=O) groups is 5. The Morgan fingerprint density at radius 2 is 1.05 bits per heavy atom. The van der Waals surface area contributed by atoms with Crippen LogP contribution in [0.5, 0.6) is 0 Å². The molecule has 12 heteroatoms. The predicted octanol–water partition coefficient (Wildman–Crippen LogP) is 10.00. The Labute approximate surface area is 392 Å². The molecule has 1 N–H and O–H groups in total. The van der Waals surface area contributed by atoms with Gasteiger partial charge in [-0.2, -0.15) is 0 Å². The van der Waals surface area contributed by atoms with Crippen LogP contribution in [0.4, 0.5) is 0 Å². The SMILES string of the molecule is CC(=O)OC1CC(C)(C)C(C=CC(C)=CC=CC(C)=CC=CC=C(C)C=CC=C(C)C=CC=C(C)C=CC(OC2OC(C)C(OC(C)=O)C(OC(C)=O)C2OC(C)=O)C(C)(C)O)=C(C)C1=O. The fraction of sp³-hybridized carbons (Fsp3) is 0.463. The third-order valence-corrected chi connectivity index (χ3v) is 10.4. The average molecular weight is 913 g/mol. The molecule has 360 valence electrons. The standard InChI is InChI=1S/C54H72O12/c1-34(21-16-17-22-35(2)24-19-27-37(4)29-31-45-39(6)48(59)46(62-41(8)55)33-53(45,12)13)23-18-25-36(3)26-20-28-38(5)30-32-47(54(14,15)60)66-52-51(65-44(11)58)50(64-43(10)57)49(40(7)61-52)63-42(9)56/h16-32,40,46-47,49-52,60H,33H2,1-15H3. The molecular weight excluding hydrogens is 841 g/mol. The Morgan fingerprint density at radius 3 is 1.50 bits per heavy atom. The summed E-state index contributed by atoms with van der Waals surface area (Å²) in [5.74, 6) is -2.61. The van der Waals surface area contributed by atoms with Crippen molar-refractivity contribution in [2.75, 3.05) is 0 Å². The molecule has 2 aliphatic rings. The molecule has 0 bridgehead atoms. The zero-order valence-electron chi connectivity index (χ0n) is 41.5. The fourth-order valence-corrected chi connectivity index (χ4v) is 7.07. The van der Waals surface area contributed by atoms with E-state index in [-0.39, 0.29) is 11.2 Å². The van der Waals surface area contributed by atoms with Crippen molar-refractivity contribution >= 4 is 29.7 Å². The highest BCUT2D eigenvalue weighted by Gasteiger charge is 2.52. The van der Waals surface area contributed by atoms with Crippen molar-refractivity contribution in [3.05, 3.63) is 142 Å². The Morgan fingerprint density at radius 1 is 0.636 bits per heavy atom. The van der Waals surface area contributed by atoms with Crippen LogP contribution in [0.2, 0.25) is 0 Å². The van der Waals surface area contributed by atoms with E-state index in [1.807, 2.05) is 126 Å². The number of carbonyl (C=O) groups excluding carboxylic acids is 5. The summed E-state index contributed by atoms with van der Waals surface area (Å²) in [5, 5.41) is 11.0. The first-order valence-corrected chi connectivity index (χ1v) is 22.1. The molecule has 66 heavy (non-hydrogen) atoms. The van der Waals surface area contributed by atoms with Gasteiger partial charge in [0.1, 0.15) is 6.10 Å². The topological polar surface area (TPSA) is 161 Å². The summed E-state index contributed by atoms with van der Waals surface area (Å²) in [6.07, 6.45) is 26.4. The molecule has 1 saturated heterocycles. The van der Waals surface area contributed by atoms with E-state index in [1.165, 1.54) is 27.7 Å². The van der Waals surface area contributed by atoms with Crippen molar-refractivity contribution in [1.29, 1.82) is 0 Å². The third-order valence-electron chi connectivity index (χ3n) is 10.4. The Balaban J connectivity index is 2.04. The van der Waals surface area contributed by atoms with E-state index < -0.39 is 72.4 Å². The smallest absolute Gasteiger partial charge is 0.303 e. The molecule has 2 rings (SSSR count). The first kappa shape index (κ1) is 56.4. The number of allylic oxidation sites excluding steroid dienone is 22. The van der Waals surface area contributed by atoms with E-state index in [9.17, 15) is 29.1 Å². The minimum Gasteiger partial charge on any atom is -0.456 e. The molecule has 0 aromatic carbocycles. The molecule has 1 fully saturated rings. The summed E-state index contributed by atoms with van der Waals surface area (Å²) in [6, 6.07) is 0. The average Bonchev–Trinajstić information content (AvgIpc) is 3.18. The zero-order valence-corrected chi connectivity index (χ0v) is 41.5. The molecule has 1 aliphatic carbocycles. The minimum absolute atomic E-state index is 0.141. The van der Waals surface area contributed by atoms with Crippen molar-refractivity contribution in [3.8, 4) is 0 Å². The van der Waals surface area contributed by atoms with Crippen LogP contribution in [-0.4, -0.2) is 83.3 Å². The van der Waals surface area contributed by atoms with Crippen LogP contribution in [0.1, 0.15) is 110 Å². The highest BCUT2D eigenvalue weighted by Crippen LogP contribution is 2.41. The second kappa shape index (κ2) is 26.5. The van der Waals surface area contributed by atoms with Crippen LogP contribution < -0.4 is 0 Å². The van der Waals surface area contributed by atoms with Gasteiger partial charge in [-0.25, -0.2) is 0 Å². The van der Waals surface area contributed by atoms with Crippen molar-refractivity contribution < 1.29 is 57.5 Å². The Bertz CT molecular complexity index is 2140. The molecule has 0 aromatic heterocycles. The summed E-state index contributed by atoms with van der Waals surface area (Å²) >= 11 is 0. The largest absolute Gasteiger partial charge is 0.456 e. The van der Waals surface area contributed by atoms with Crippen LogP contribution in [0, 0.1) is 5.41 Å². The number of ether oxygens (including phenoxy) is 6. The maximum atomic E-state index is 12.8. The lowest BCUT2D eigenvalue weighted by Crippen LogP contribution is -2.62. The van der Waals surface area contributed by atoms with Gasteiger partial charge in [0.25, 0.3) is 0 Å². The van der Waals surface area contributed by atoms with Gasteiger partial charge in [0.15, 0.2) is 36.5 Å². The molecule has 1 aliphatic heterocycles. The molecule has 12 nitrogen and oxygen atoms in total. The number of hydrogen-bond donors (Lipinski definition) is 1. The van der Waals surface area contributed by atoms with Crippen molar-refractivity contribution in [3.63, 3.8) is 0 Å². The first-order valence-electron chi connectivity index (χ1n) is 22.1. The van der Waals surface area contributed by atoms with Crippen molar-refractivity contribution in [2.45, 2.75) is 159 Å². The summed E-state index contributed by atoms with van der Waals surface area (Å²) in [7, 11) is 0. The predicted molar refractivity (Wildman–Crippen MR) is 257 cm³/mol. The van der Waals surface area contributed by atoms with E-state index >= 15 is 0 Å². The maximum Gasteiger partial charge on any atom is 0.303 e. The maximum absolute atomic E-state index is 12.8. The second-order valence-electron chi connectivity index (χ2n) is 17.9. The van der Waals surface area contributed by atoms with Gasteiger partial charge in [-0.3, -0.25) is 24.0 Å². The third kappa shape index (κ3) is 19.8. The minimum atomic E-state index is -1.42. The van der Waals surface area contributed by atoms with Crippen molar-refractivity contribution in [2.24, 2.45) is 5.41 Å². The summed E-state index contributed by atoms with van der Waals surface area (Å²) in [5.41, 5.74) is 4.91. The van der Waals surface area contributed by atoms with Crippen LogP contribution >= 0.6 is 0 Å². The van der Waals surface area contributed by atoms with Gasteiger partial charge >= 0.3 is 23.9 Å². The molecule has 7 unspecified atom stereocenters. The van der Waals surface area contributed by atoms with Crippen LogP contribution in [0.3, 0.4) is 0 Å². The molecule has 1 heterocycles. The normalized spacial score (nSPS) is 24.7. The highest BCUT2D eigenvalue weighted by atomic mass is 16.7. The van der Waals surface area contributed by atoms with Gasteiger partial charge < -0.3 is 33.5 Å². The lowest BCUT2D eigenvalue weighted by Gasteiger charge is -2.44. The van der Waals surface area contributed by atoms with Crippen molar-refractivity contribution in [1.82, 2.24) is 0 Å². The number of aliphatic hydroxyl groups is 1. The van der Waals surface area contributed by atoms with E-state index in [0.717, 1.165) is 33.4 Å². The Kier molecular flexibility index (Phi) is 22.6. The van der Waals surface area contributed by atoms with Gasteiger partial charge in [-0.05, 0) is 78.9 Å². The lowest BCUT2D eigenvalue weighted by atomic mass is 9.71. The molecule has 0 radical (unpaired) electrons. The molecule has 7 atom stereocenters. The van der Waals surface area contributed by atoms with Gasteiger partial charge in [0, 0.05) is 34.1 Å². The van der Waals surface area contributed by atoms with E-state index in [2.05, 4.69) is 13.8 Å². The number of Topliss-reactive ketones (excluding diaryl/α,β-unsaturated/α-hetero) is 1. The molecule has 0 spiro atoms. The van der Waals surface area contributed by atoms with E-state index in [4.69, 9.17) is 28.4 Å². The summed E-state index contributed by atoms with van der Waals surface area (Å²) in [6.45, 7) is 25.5. The van der Waals surface area contributed by atoms with E-state index in [1.54, 1.807) is 39.8 Å². The molecular formula is C54H72O12. The number of rotatable bonds is 19. The van der Waals surface area contributed by atoms with Gasteiger partial charge in [0.2, 0.25) is 0 Å². The van der Waals surface area contributed by atoms with Crippen LogP contribution in [-0.2, 0) is 52.4 Å². The Hall–Kier alpha value is -5.69. The quantitative estimate of drug-likeness (QED) is 0.0743. The number of esters is 4. The molecule has 0 saturated carbocycles. The first-order chi connectivity index (χ1) is 30.7. The van der Waals surface area contributed by atoms with Crippen LogP contribution in [0.15, 0.2) is 142 Å². The summed E-state index contributed by atoms with van der Waals surface area (Å²) in [4.78, 5) is 60.3. The number of hydrogen-bond acceptors (Lipinski definition) is 12.